The Bertz CT molecular complexity index is 869. The van der Waals surface area contributed by atoms with Gasteiger partial charge in [0, 0.05) is 12.6 Å². The molecule has 0 aliphatic carbocycles. The summed E-state index contributed by atoms with van der Waals surface area (Å²) < 4.78 is 3.95. The molecule has 0 saturated heterocycles. The van der Waals surface area contributed by atoms with Crippen LogP contribution in [0.25, 0.3) is 0 Å². The van der Waals surface area contributed by atoms with Crippen LogP contribution in [0.5, 0.6) is 0 Å². The smallest absolute Gasteiger partial charge is 0.258 e. The fourth-order valence-electron chi connectivity index (χ4n) is 2.22. The van der Waals surface area contributed by atoms with Crippen LogP contribution in [-0.4, -0.2) is 20.3 Å². The number of hydrogen-bond donors (Lipinski definition) is 1. The van der Waals surface area contributed by atoms with Crippen LogP contribution >= 0.6 is 12.2 Å². The lowest BCUT2D eigenvalue weighted by atomic mass is 10.2. The van der Waals surface area contributed by atoms with Gasteiger partial charge in [0.25, 0.3) is 5.91 Å². The largest absolute Gasteiger partial charge is 0.291 e. The van der Waals surface area contributed by atoms with Crippen LogP contribution < -0.4 is 5.32 Å². The highest BCUT2D eigenvalue weighted by atomic mass is 32.1. The molecule has 0 spiro atoms. The van der Waals surface area contributed by atoms with Crippen LogP contribution in [0.1, 0.15) is 15.9 Å². The molecule has 1 heterocycles. The summed E-state index contributed by atoms with van der Waals surface area (Å²) in [6, 6.07) is 19.0. The first kappa shape index (κ1) is 15.2. The molecule has 0 bridgehead atoms. The molecule has 0 radical (unpaired) electrons. The van der Waals surface area contributed by atoms with E-state index in [1.54, 1.807) is 28.4 Å². The summed E-state index contributed by atoms with van der Waals surface area (Å²) in [6.07, 6.45) is 0. The number of hydrogen-bond acceptors (Lipinski definition) is 3. The molecule has 6 heteroatoms. The van der Waals surface area contributed by atoms with Crippen molar-refractivity contribution in [3.05, 3.63) is 76.6 Å². The van der Waals surface area contributed by atoms with Gasteiger partial charge in [-0.1, -0.05) is 48.5 Å². The molecule has 1 N–H and O–H groups in total. The average molecular weight is 324 g/mol. The molecule has 1 amide bonds. The van der Waals surface area contributed by atoms with E-state index in [0.717, 1.165) is 5.56 Å². The predicted molar refractivity (Wildman–Crippen MR) is 92.0 cm³/mol. The Hall–Kier alpha value is -2.73. The fraction of sp³-hybridized carbons (Fsp3) is 0.118. The van der Waals surface area contributed by atoms with Crippen molar-refractivity contribution in [2.24, 2.45) is 7.05 Å². The Labute approximate surface area is 139 Å². The maximum atomic E-state index is 12.2. The Morgan fingerprint density at radius 1 is 1.09 bits per heavy atom. The van der Waals surface area contributed by atoms with Crippen molar-refractivity contribution in [2.75, 3.05) is 5.32 Å². The van der Waals surface area contributed by atoms with E-state index in [1.165, 1.54) is 0 Å². The zero-order valence-electron chi connectivity index (χ0n) is 12.6. The number of carbonyl (C=O) groups excluding carboxylic acids is 1. The molecule has 0 unspecified atom stereocenters. The van der Waals surface area contributed by atoms with Crippen LogP contribution in [0.3, 0.4) is 0 Å². The molecule has 116 valence electrons. The number of rotatable bonds is 4. The molecule has 0 saturated carbocycles. The third kappa shape index (κ3) is 3.37. The molecule has 5 nitrogen and oxygen atoms in total. The molecular formula is C17H16N4OS. The quantitative estimate of drug-likeness (QED) is 0.750. The summed E-state index contributed by atoms with van der Waals surface area (Å²) in [6.45, 7) is 0.564. The summed E-state index contributed by atoms with van der Waals surface area (Å²) in [4.78, 5) is 12.2. The second-order valence-corrected chi connectivity index (χ2v) is 5.49. The molecular weight excluding hydrogens is 308 g/mol. The van der Waals surface area contributed by atoms with Gasteiger partial charge in [0.2, 0.25) is 5.95 Å². The molecule has 0 atom stereocenters. The van der Waals surface area contributed by atoms with E-state index in [4.69, 9.17) is 12.2 Å². The summed E-state index contributed by atoms with van der Waals surface area (Å²) in [5, 5.41) is 7.21. The van der Waals surface area contributed by atoms with Crippen molar-refractivity contribution in [1.29, 1.82) is 0 Å². The van der Waals surface area contributed by atoms with E-state index in [9.17, 15) is 4.79 Å². The van der Waals surface area contributed by atoms with Crippen molar-refractivity contribution < 1.29 is 4.79 Å². The zero-order chi connectivity index (χ0) is 16.2. The number of anilines is 1. The Balaban J connectivity index is 1.83. The molecule has 3 rings (SSSR count). The van der Waals surface area contributed by atoms with Crippen molar-refractivity contribution in [2.45, 2.75) is 6.54 Å². The number of carbonyl (C=O) groups is 1. The van der Waals surface area contributed by atoms with Gasteiger partial charge in [-0.2, -0.15) is 0 Å². The minimum absolute atomic E-state index is 0.208. The average Bonchev–Trinajstić information content (AvgIpc) is 2.84. The molecule has 1 aromatic heterocycles. The van der Waals surface area contributed by atoms with E-state index < -0.39 is 0 Å². The second kappa shape index (κ2) is 6.58. The van der Waals surface area contributed by atoms with Crippen LogP contribution in [-0.2, 0) is 13.6 Å². The Morgan fingerprint density at radius 3 is 2.35 bits per heavy atom. The lowest BCUT2D eigenvalue weighted by Crippen LogP contribution is -2.15. The van der Waals surface area contributed by atoms with Crippen LogP contribution in [0.2, 0.25) is 0 Å². The van der Waals surface area contributed by atoms with Gasteiger partial charge in [0.1, 0.15) is 0 Å². The van der Waals surface area contributed by atoms with Gasteiger partial charge in [0.15, 0.2) is 4.77 Å². The van der Waals surface area contributed by atoms with Crippen molar-refractivity contribution >= 4 is 24.1 Å². The monoisotopic (exact) mass is 324 g/mol. The minimum atomic E-state index is -0.208. The molecule has 2 aromatic carbocycles. The highest BCUT2D eigenvalue weighted by Crippen LogP contribution is 2.10. The van der Waals surface area contributed by atoms with Gasteiger partial charge < -0.3 is 0 Å². The molecule has 23 heavy (non-hydrogen) atoms. The lowest BCUT2D eigenvalue weighted by Gasteiger charge is -2.03. The summed E-state index contributed by atoms with van der Waals surface area (Å²) in [5.74, 6) is 0.223. The van der Waals surface area contributed by atoms with E-state index in [-0.39, 0.29) is 5.91 Å². The summed E-state index contributed by atoms with van der Waals surface area (Å²) in [5.41, 5.74) is 1.68. The van der Waals surface area contributed by atoms with E-state index in [1.807, 2.05) is 48.5 Å². The SMILES string of the molecule is Cn1c(NC(=O)c2ccccc2)nn(Cc2ccccc2)c1=S. The summed E-state index contributed by atoms with van der Waals surface area (Å²) >= 11 is 5.39. The van der Waals surface area contributed by atoms with Gasteiger partial charge in [-0.05, 0) is 29.9 Å². The van der Waals surface area contributed by atoms with Gasteiger partial charge in [-0.25, -0.2) is 4.68 Å². The zero-order valence-corrected chi connectivity index (χ0v) is 13.5. The topological polar surface area (TPSA) is 51.9 Å². The van der Waals surface area contributed by atoms with Crippen molar-refractivity contribution in [3.8, 4) is 0 Å². The van der Waals surface area contributed by atoms with Crippen LogP contribution in [0.15, 0.2) is 60.7 Å². The maximum Gasteiger partial charge on any atom is 0.258 e. The van der Waals surface area contributed by atoms with Crippen LogP contribution in [0, 0.1) is 4.77 Å². The minimum Gasteiger partial charge on any atom is -0.291 e. The van der Waals surface area contributed by atoms with E-state index in [2.05, 4.69) is 10.4 Å². The normalized spacial score (nSPS) is 10.5. The number of amides is 1. The molecule has 0 fully saturated rings. The maximum absolute atomic E-state index is 12.2. The second-order valence-electron chi connectivity index (χ2n) is 5.13. The number of nitrogens with one attached hydrogen (secondary N) is 1. The number of benzene rings is 2. The third-order valence-corrected chi connectivity index (χ3v) is 3.96. The molecule has 0 aliphatic rings. The standard InChI is InChI=1S/C17H16N4OS/c1-20-16(18-15(22)14-10-6-3-7-11-14)19-21(17(20)23)12-13-8-4-2-5-9-13/h2-11H,12H2,1H3,(H,18,19,22). The predicted octanol–water partition coefficient (Wildman–Crippen LogP) is 3.25. The molecule has 3 aromatic rings. The first-order valence-electron chi connectivity index (χ1n) is 7.19. The van der Waals surface area contributed by atoms with Gasteiger partial charge >= 0.3 is 0 Å². The highest BCUT2D eigenvalue weighted by Gasteiger charge is 2.12. The Kier molecular flexibility index (Phi) is 4.34. The van der Waals surface area contributed by atoms with E-state index >= 15 is 0 Å². The number of aromatic nitrogens is 3. The molecule has 0 aliphatic heterocycles. The van der Waals surface area contributed by atoms with Crippen molar-refractivity contribution in [1.82, 2.24) is 14.3 Å². The van der Waals surface area contributed by atoms with Crippen LogP contribution in [0.4, 0.5) is 5.95 Å². The third-order valence-electron chi connectivity index (χ3n) is 3.48. The first-order valence-corrected chi connectivity index (χ1v) is 7.60. The summed E-state index contributed by atoms with van der Waals surface area (Å²) in [7, 11) is 1.79. The first-order chi connectivity index (χ1) is 11.1. The van der Waals surface area contributed by atoms with Crippen molar-refractivity contribution in [3.63, 3.8) is 0 Å². The van der Waals surface area contributed by atoms with Gasteiger partial charge in [0.05, 0.1) is 6.54 Å². The Morgan fingerprint density at radius 2 is 1.70 bits per heavy atom. The highest BCUT2D eigenvalue weighted by molar-refractivity contribution is 7.71. The fourth-order valence-corrected chi connectivity index (χ4v) is 2.41. The number of nitrogens with zero attached hydrogens (tertiary/aromatic N) is 3. The van der Waals surface area contributed by atoms with E-state index in [0.29, 0.717) is 22.8 Å². The van der Waals surface area contributed by atoms with Gasteiger partial charge in [-0.3, -0.25) is 14.7 Å². The lowest BCUT2D eigenvalue weighted by molar-refractivity contribution is 0.102. The van der Waals surface area contributed by atoms with Gasteiger partial charge in [-0.15, -0.1) is 5.10 Å².